The van der Waals surface area contributed by atoms with Crippen LogP contribution in [0.15, 0.2) is 128 Å². The van der Waals surface area contributed by atoms with Crippen molar-refractivity contribution < 1.29 is 55.1 Å². The molecule has 0 bridgehead atoms. The molecule has 0 aliphatic rings. The molecular formula is C40H25Cl3F6IN5O6. The van der Waals surface area contributed by atoms with E-state index in [0.29, 0.717) is 40.0 Å². The van der Waals surface area contributed by atoms with Gasteiger partial charge in [-0.25, -0.2) is 24.0 Å². The Bertz CT molecular complexity index is 2480. The van der Waals surface area contributed by atoms with Crippen LogP contribution >= 0.6 is 57.4 Å². The van der Waals surface area contributed by atoms with Gasteiger partial charge < -0.3 is 4.74 Å². The van der Waals surface area contributed by atoms with Gasteiger partial charge in [-0.15, -0.1) is 0 Å². The average molecular weight is 1020 g/mol. The molecule has 0 fully saturated rings. The number of nitrogens with zero attached hydrogens (tertiary/aromatic N) is 5. The molecule has 61 heavy (non-hydrogen) atoms. The van der Waals surface area contributed by atoms with Gasteiger partial charge in [0.25, 0.3) is 0 Å². The summed E-state index contributed by atoms with van der Waals surface area (Å²) in [6.45, 7) is 2.06. The Morgan fingerprint density at radius 1 is 0.557 bits per heavy atom. The number of ether oxygens (including phenoxy) is 1. The Balaban J connectivity index is 0.000000383. The first-order valence-corrected chi connectivity index (χ1v) is 18.4. The van der Waals surface area contributed by atoms with Crippen LogP contribution in [0.3, 0.4) is 0 Å². The fraction of sp³-hybridized carbons (Fsp3) is 0.125. The lowest BCUT2D eigenvalue weighted by atomic mass is 10.1. The highest BCUT2D eigenvalue weighted by Crippen LogP contribution is 2.38. The Kier molecular flexibility index (Phi) is 24.1. The molecule has 5 aromatic carbocycles. The lowest BCUT2D eigenvalue weighted by Crippen LogP contribution is -2.05. The normalized spacial score (nSPS) is 9.70. The maximum Gasteiger partial charge on any atom is 0.418 e. The molecule has 0 saturated heterocycles. The Hall–Kier alpha value is -6.02. The molecule has 0 radical (unpaired) electrons. The number of alkyl halides is 6. The van der Waals surface area contributed by atoms with Crippen LogP contribution in [0.1, 0.15) is 23.6 Å². The van der Waals surface area contributed by atoms with E-state index in [1.54, 1.807) is 36.4 Å². The molecule has 0 spiro atoms. The number of rotatable bonds is 7. The number of methoxy groups -OCH3 is 1. The van der Waals surface area contributed by atoms with Crippen molar-refractivity contribution in [3.05, 3.63) is 138 Å². The third kappa shape index (κ3) is 20.7. The summed E-state index contributed by atoms with van der Waals surface area (Å²) < 4.78 is 79.7. The summed E-state index contributed by atoms with van der Waals surface area (Å²) in [6.07, 6.45) is -1.56. The lowest BCUT2D eigenvalue weighted by Gasteiger charge is -2.08. The number of carbonyl (C=O) groups excluding carboxylic acids is 5. The van der Waals surface area contributed by atoms with E-state index in [0.717, 1.165) is 34.3 Å². The molecule has 0 unspecified atom stereocenters. The fourth-order valence-corrected chi connectivity index (χ4v) is 4.91. The number of halogens is 10. The highest BCUT2D eigenvalue weighted by molar-refractivity contribution is 14.1. The summed E-state index contributed by atoms with van der Waals surface area (Å²) >= 11 is 18.6. The number of isocyanates is 5. The van der Waals surface area contributed by atoms with Crippen LogP contribution in [0.2, 0.25) is 15.1 Å². The largest absolute Gasteiger partial charge is 0.494 e. The van der Waals surface area contributed by atoms with Crippen molar-refractivity contribution in [1.29, 1.82) is 0 Å². The standard InChI is InChI=1S/C9H9NO.2C8H3ClF3NO.C8H6ClNO2.C7H4INO/c1-2-8-4-3-5-9(6-8)10-7-11;9-7-2-1-5(13-4-14)3-6(7)8(10,11)12;9-5-1-2-7(13-4-14)6(3-5)8(10,11)12;1-12-8-4-6(9)2-3-7(8)10-5-11;8-6-1-3-7(4-2-6)9-5-10/h3-6H,2H2,1H3;2*1-3H;2-4H,1H3;1-4H. The van der Waals surface area contributed by atoms with Gasteiger partial charge in [-0.3, -0.25) is 0 Å². The molecule has 0 aromatic heterocycles. The van der Waals surface area contributed by atoms with Crippen LogP contribution in [0.25, 0.3) is 0 Å². The third-order valence-corrected chi connectivity index (χ3v) is 8.18. The number of aryl methyl sites for hydroxylation is 1. The van der Waals surface area contributed by atoms with Gasteiger partial charge in [0.1, 0.15) is 11.4 Å². The molecular weight excluding hydrogens is 994 g/mol. The van der Waals surface area contributed by atoms with E-state index in [2.05, 4.69) is 54.5 Å². The minimum absolute atomic E-state index is 0.0674. The molecule has 0 N–H and O–H groups in total. The summed E-state index contributed by atoms with van der Waals surface area (Å²) in [5.74, 6) is 0.464. The third-order valence-electron chi connectivity index (χ3n) is 6.66. The molecule has 0 aliphatic heterocycles. The summed E-state index contributed by atoms with van der Waals surface area (Å²) in [5.41, 5.74) is 0.255. The minimum Gasteiger partial charge on any atom is -0.494 e. The van der Waals surface area contributed by atoms with Crippen LogP contribution in [0.4, 0.5) is 54.8 Å². The van der Waals surface area contributed by atoms with Crippen molar-refractivity contribution in [2.24, 2.45) is 25.0 Å². The molecule has 0 heterocycles. The predicted molar refractivity (Wildman–Crippen MR) is 225 cm³/mol. The highest BCUT2D eigenvalue weighted by atomic mass is 127. The molecule has 5 rings (SSSR count). The topological polar surface area (TPSA) is 156 Å². The second-order valence-corrected chi connectivity index (χ2v) is 13.2. The Morgan fingerprint density at radius 3 is 1.54 bits per heavy atom. The molecule has 0 amide bonds. The van der Waals surface area contributed by atoms with Crippen molar-refractivity contribution >= 4 is 116 Å². The second-order valence-electron chi connectivity index (χ2n) is 10.7. The minimum atomic E-state index is -4.58. The van der Waals surface area contributed by atoms with Crippen LogP contribution in [-0.2, 0) is 42.7 Å². The van der Waals surface area contributed by atoms with Gasteiger partial charge in [0, 0.05) is 19.7 Å². The zero-order valence-electron chi connectivity index (χ0n) is 31.0. The van der Waals surface area contributed by atoms with Gasteiger partial charge in [-0.05, 0) is 120 Å². The second kappa shape index (κ2) is 27.7. The van der Waals surface area contributed by atoms with Crippen molar-refractivity contribution in [2.75, 3.05) is 7.11 Å². The van der Waals surface area contributed by atoms with Gasteiger partial charge in [-0.1, -0.05) is 53.9 Å². The van der Waals surface area contributed by atoms with Gasteiger partial charge in [0.05, 0.1) is 46.0 Å². The first kappa shape index (κ1) is 53.0. The first-order chi connectivity index (χ1) is 28.9. The number of hydrogen-bond acceptors (Lipinski definition) is 11. The highest BCUT2D eigenvalue weighted by Gasteiger charge is 2.34. The van der Waals surface area contributed by atoms with E-state index >= 15 is 0 Å². The maximum absolute atomic E-state index is 12.3. The van der Waals surface area contributed by atoms with Gasteiger partial charge >= 0.3 is 12.4 Å². The summed E-state index contributed by atoms with van der Waals surface area (Å²) in [4.78, 5) is 65.6. The quantitative estimate of drug-likeness (QED) is 0.0684. The van der Waals surface area contributed by atoms with E-state index in [-0.39, 0.29) is 10.7 Å². The fourth-order valence-electron chi connectivity index (χ4n) is 3.99. The molecule has 11 nitrogen and oxygen atoms in total. The average Bonchev–Trinajstić information content (AvgIpc) is 3.21. The van der Waals surface area contributed by atoms with Crippen LogP contribution in [0.5, 0.6) is 5.75 Å². The van der Waals surface area contributed by atoms with Gasteiger partial charge in [0.2, 0.25) is 30.4 Å². The molecule has 0 aliphatic carbocycles. The van der Waals surface area contributed by atoms with Crippen LogP contribution < -0.4 is 4.74 Å². The summed E-state index contributed by atoms with van der Waals surface area (Å²) in [5, 5.41) is 0.0428. The maximum atomic E-state index is 12.3. The van der Waals surface area contributed by atoms with E-state index in [9.17, 15) is 50.3 Å². The molecule has 0 atom stereocenters. The lowest BCUT2D eigenvalue weighted by molar-refractivity contribution is -0.138. The predicted octanol–water partition coefficient (Wildman–Crippen LogP) is 13.4. The Labute approximate surface area is 371 Å². The molecule has 0 saturated carbocycles. The van der Waals surface area contributed by atoms with Crippen molar-refractivity contribution in [3.63, 3.8) is 0 Å². The molecule has 21 heteroatoms. The first-order valence-electron chi connectivity index (χ1n) is 16.2. The smallest absolute Gasteiger partial charge is 0.418 e. The van der Waals surface area contributed by atoms with Crippen molar-refractivity contribution in [1.82, 2.24) is 0 Å². The Morgan fingerprint density at radius 2 is 1.03 bits per heavy atom. The van der Waals surface area contributed by atoms with Crippen molar-refractivity contribution in [3.8, 4) is 5.75 Å². The van der Waals surface area contributed by atoms with Crippen molar-refractivity contribution in [2.45, 2.75) is 25.7 Å². The summed E-state index contributed by atoms with van der Waals surface area (Å²) in [6, 6.07) is 25.5. The van der Waals surface area contributed by atoms with E-state index in [1.807, 2.05) is 30.3 Å². The summed E-state index contributed by atoms with van der Waals surface area (Å²) in [7, 11) is 1.48. The zero-order chi connectivity index (χ0) is 46.0. The van der Waals surface area contributed by atoms with E-state index in [4.69, 9.17) is 39.5 Å². The number of benzene rings is 5. The molecule has 316 valence electrons. The number of hydrogen-bond donors (Lipinski definition) is 0. The zero-order valence-corrected chi connectivity index (χ0v) is 35.4. The monoisotopic (exact) mass is 1020 g/mol. The number of aliphatic imine (C=N–C) groups is 5. The van der Waals surface area contributed by atoms with Gasteiger partial charge in [-0.2, -0.15) is 51.3 Å². The van der Waals surface area contributed by atoms with Gasteiger partial charge in [0.15, 0.2) is 0 Å². The van der Waals surface area contributed by atoms with Crippen LogP contribution in [0, 0.1) is 3.57 Å². The molecule has 5 aromatic rings. The van der Waals surface area contributed by atoms with Crippen LogP contribution in [-0.4, -0.2) is 37.5 Å². The van der Waals surface area contributed by atoms with E-state index < -0.39 is 34.2 Å². The SMILES string of the molecule is CCc1cccc(N=C=O)c1.COc1cc(Cl)ccc1N=C=O.O=C=Nc1ccc(Cl)c(C(F)(F)F)c1.O=C=Nc1ccc(Cl)cc1C(F)(F)F.O=C=Nc1ccc(I)cc1. The van der Waals surface area contributed by atoms with E-state index in [1.165, 1.54) is 43.0 Å².